The van der Waals surface area contributed by atoms with Gasteiger partial charge in [-0.05, 0) is 37.4 Å². The van der Waals surface area contributed by atoms with Crippen LogP contribution in [0.25, 0.3) is 0 Å². The van der Waals surface area contributed by atoms with E-state index < -0.39 is 6.04 Å². The fraction of sp³-hybridized carbons (Fsp3) is 0.700. The minimum atomic E-state index is -0.449. The summed E-state index contributed by atoms with van der Waals surface area (Å²) in [6.07, 6.45) is 3.25. The van der Waals surface area contributed by atoms with Gasteiger partial charge in [0.1, 0.15) is 6.04 Å². The Morgan fingerprint density at radius 1 is 1.32 bits per heavy atom. The number of amides is 2. The van der Waals surface area contributed by atoms with E-state index in [9.17, 15) is 9.59 Å². The molecule has 0 aliphatic carbocycles. The third kappa shape index (κ3) is 5.52. The van der Waals surface area contributed by atoms with Crippen LogP contribution in [0.3, 0.4) is 0 Å². The lowest BCUT2D eigenvalue weighted by atomic mass is 10.1. The maximum absolute atomic E-state index is 13.0. The number of thioether (sulfide) groups is 1. The molecule has 2 atom stereocenters. The Morgan fingerprint density at radius 2 is 2.11 bits per heavy atom. The van der Waals surface area contributed by atoms with Crippen LogP contribution in [0.15, 0.2) is 22.8 Å². The van der Waals surface area contributed by atoms with Crippen LogP contribution in [0.1, 0.15) is 37.2 Å². The molecule has 2 aliphatic rings. The normalized spacial score (nSPS) is 23.3. The highest BCUT2D eigenvalue weighted by molar-refractivity contribution is 8.00. The maximum Gasteiger partial charge on any atom is 0.291 e. The first-order valence-electron chi connectivity index (χ1n) is 10.1. The number of rotatable bonds is 8. The second-order valence-electron chi connectivity index (χ2n) is 7.72. The topological polar surface area (TPSA) is 75.0 Å². The molecule has 1 aromatic heterocycles. The molecular formula is C20H31N3O4S. The number of hydrogen-bond donors (Lipinski definition) is 1. The second kappa shape index (κ2) is 10.3. The van der Waals surface area contributed by atoms with Crippen molar-refractivity contribution in [3.05, 3.63) is 24.2 Å². The van der Waals surface area contributed by atoms with Gasteiger partial charge in [-0.25, -0.2) is 0 Å². The number of carbonyl (C=O) groups is 2. The molecule has 2 amide bonds. The van der Waals surface area contributed by atoms with Crippen LogP contribution < -0.4 is 5.32 Å². The summed E-state index contributed by atoms with van der Waals surface area (Å²) in [7, 11) is 0. The highest BCUT2D eigenvalue weighted by Gasteiger charge is 2.42. The van der Waals surface area contributed by atoms with Gasteiger partial charge in [0.2, 0.25) is 5.91 Å². The van der Waals surface area contributed by atoms with Crippen molar-refractivity contribution in [2.45, 2.75) is 38.1 Å². The fourth-order valence-corrected chi connectivity index (χ4v) is 5.25. The zero-order valence-electron chi connectivity index (χ0n) is 16.8. The smallest absolute Gasteiger partial charge is 0.291 e. The van der Waals surface area contributed by atoms with Crippen molar-refractivity contribution in [3.63, 3.8) is 0 Å². The van der Waals surface area contributed by atoms with Crippen LogP contribution in [-0.4, -0.2) is 78.2 Å². The Labute approximate surface area is 171 Å². The molecule has 0 aromatic carbocycles. The third-order valence-corrected chi connectivity index (χ3v) is 6.40. The van der Waals surface area contributed by atoms with Crippen LogP contribution in [0.4, 0.5) is 0 Å². The van der Waals surface area contributed by atoms with E-state index in [4.69, 9.17) is 9.15 Å². The van der Waals surface area contributed by atoms with E-state index in [2.05, 4.69) is 24.1 Å². The lowest BCUT2D eigenvalue weighted by molar-refractivity contribution is -0.124. The first kappa shape index (κ1) is 21.2. The lowest BCUT2D eigenvalue weighted by Crippen LogP contribution is -2.50. The van der Waals surface area contributed by atoms with Gasteiger partial charge in [-0.1, -0.05) is 13.8 Å². The van der Waals surface area contributed by atoms with Gasteiger partial charge in [-0.2, -0.15) is 0 Å². The number of furan rings is 1. The first-order valence-corrected chi connectivity index (χ1v) is 11.2. The quantitative estimate of drug-likeness (QED) is 0.663. The van der Waals surface area contributed by atoms with Gasteiger partial charge in [-0.15, -0.1) is 11.8 Å². The number of nitrogens with zero attached hydrogens (tertiary/aromatic N) is 2. The van der Waals surface area contributed by atoms with Crippen LogP contribution >= 0.6 is 11.8 Å². The molecular weight excluding hydrogens is 378 g/mol. The standard InChI is InChI=1S/C20H31N3O4S/c1-15(2)13-18-23(20(25)17-5-3-10-27-17)16(14-28-18)19(24)21-6-4-7-22-8-11-26-12-9-22/h3,5,10,15-16,18H,4,6-9,11-14H2,1-2H3,(H,21,24). The summed E-state index contributed by atoms with van der Waals surface area (Å²) in [4.78, 5) is 29.9. The van der Waals surface area contributed by atoms with Crippen molar-refractivity contribution in [1.29, 1.82) is 0 Å². The van der Waals surface area contributed by atoms with Gasteiger partial charge in [0.25, 0.3) is 5.91 Å². The lowest BCUT2D eigenvalue weighted by Gasteiger charge is -2.29. The summed E-state index contributed by atoms with van der Waals surface area (Å²) < 4.78 is 10.7. The van der Waals surface area contributed by atoms with Crippen molar-refractivity contribution in [1.82, 2.24) is 15.1 Å². The Balaban J connectivity index is 1.55. The first-order chi connectivity index (χ1) is 13.6. The number of ether oxygens (including phenoxy) is 1. The minimum Gasteiger partial charge on any atom is -0.459 e. The molecule has 0 saturated carbocycles. The largest absolute Gasteiger partial charge is 0.459 e. The molecule has 8 heteroatoms. The van der Waals surface area contributed by atoms with E-state index >= 15 is 0 Å². The number of morpholine rings is 1. The van der Waals surface area contributed by atoms with Crippen LogP contribution in [0.5, 0.6) is 0 Å². The SMILES string of the molecule is CC(C)CC1SCC(C(=O)NCCCN2CCOCC2)N1C(=O)c1ccco1. The van der Waals surface area contributed by atoms with Crippen LogP contribution in [-0.2, 0) is 9.53 Å². The molecule has 2 aliphatic heterocycles. The molecule has 0 radical (unpaired) electrons. The molecule has 156 valence electrons. The van der Waals surface area contributed by atoms with Gasteiger partial charge >= 0.3 is 0 Å². The highest BCUT2D eigenvalue weighted by atomic mass is 32.2. The molecule has 1 N–H and O–H groups in total. The Kier molecular flexibility index (Phi) is 7.82. The second-order valence-corrected chi connectivity index (χ2v) is 8.93. The molecule has 3 heterocycles. The molecule has 1 aromatic rings. The zero-order valence-corrected chi connectivity index (χ0v) is 17.6. The monoisotopic (exact) mass is 409 g/mol. The number of nitrogens with one attached hydrogen (secondary N) is 1. The Bertz CT molecular complexity index is 631. The molecule has 0 bridgehead atoms. The van der Waals surface area contributed by atoms with Crippen molar-refractivity contribution in [2.75, 3.05) is 45.1 Å². The Hall–Kier alpha value is -1.51. The molecule has 3 rings (SSSR count). The Morgan fingerprint density at radius 3 is 2.79 bits per heavy atom. The zero-order chi connectivity index (χ0) is 19.9. The maximum atomic E-state index is 13.0. The number of hydrogen-bond acceptors (Lipinski definition) is 6. The van der Waals surface area contributed by atoms with Gasteiger partial charge in [0, 0.05) is 25.4 Å². The van der Waals surface area contributed by atoms with Crippen LogP contribution in [0, 0.1) is 5.92 Å². The molecule has 28 heavy (non-hydrogen) atoms. The van der Waals surface area contributed by atoms with E-state index in [0.717, 1.165) is 45.7 Å². The predicted molar refractivity (Wildman–Crippen MR) is 109 cm³/mol. The van der Waals surface area contributed by atoms with Crippen molar-refractivity contribution in [3.8, 4) is 0 Å². The average molecular weight is 410 g/mol. The van der Waals surface area contributed by atoms with Gasteiger partial charge in [-0.3, -0.25) is 14.5 Å². The van der Waals surface area contributed by atoms with Gasteiger partial charge in [0.05, 0.1) is 24.9 Å². The van der Waals surface area contributed by atoms with E-state index in [0.29, 0.717) is 24.0 Å². The van der Waals surface area contributed by atoms with Crippen molar-refractivity contribution in [2.24, 2.45) is 5.92 Å². The summed E-state index contributed by atoms with van der Waals surface area (Å²) >= 11 is 1.68. The summed E-state index contributed by atoms with van der Waals surface area (Å²) in [6.45, 7) is 9.32. The summed E-state index contributed by atoms with van der Waals surface area (Å²) in [5, 5.41) is 3.04. The number of carbonyl (C=O) groups excluding carboxylic acids is 2. The predicted octanol–water partition coefficient (Wildman–Crippen LogP) is 2.05. The van der Waals surface area contributed by atoms with E-state index in [1.807, 2.05) is 0 Å². The molecule has 7 nitrogen and oxygen atoms in total. The summed E-state index contributed by atoms with van der Waals surface area (Å²) in [5.74, 6) is 1.09. The van der Waals surface area contributed by atoms with E-state index in [1.165, 1.54) is 6.26 Å². The van der Waals surface area contributed by atoms with Crippen LogP contribution in [0.2, 0.25) is 0 Å². The molecule has 2 unspecified atom stereocenters. The molecule has 2 saturated heterocycles. The molecule has 2 fully saturated rings. The van der Waals surface area contributed by atoms with Gasteiger partial charge < -0.3 is 19.4 Å². The van der Waals surface area contributed by atoms with Crippen molar-refractivity contribution < 1.29 is 18.7 Å². The van der Waals surface area contributed by atoms with E-state index in [1.54, 1.807) is 28.8 Å². The highest BCUT2D eigenvalue weighted by Crippen LogP contribution is 2.34. The van der Waals surface area contributed by atoms with E-state index in [-0.39, 0.29) is 17.2 Å². The summed E-state index contributed by atoms with van der Waals surface area (Å²) in [5.41, 5.74) is 0. The minimum absolute atomic E-state index is 0.00157. The van der Waals surface area contributed by atoms with Crippen molar-refractivity contribution >= 4 is 23.6 Å². The average Bonchev–Trinajstić information content (AvgIpc) is 3.35. The fourth-order valence-electron chi connectivity index (χ4n) is 3.61. The third-order valence-electron chi connectivity index (χ3n) is 5.09. The van der Waals surface area contributed by atoms with Gasteiger partial charge in [0.15, 0.2) is 5.76 Å². The molecule has 0 spiro atoms. The summed E-state index contributed by atoms with van der Waals surface area (Å²) in [6, 6.07) is 2.92.